The highest BCUT2D eigenvalue weighted by molar-refractivity contribution is 5.92. The molecule has 35 heavy (non-hydrogen) atoms. The van der Waals surface area contributed by atoms with Gasteiger partial charge in [0.2, 0.25) is 5.82 Å². The van der Waals surface area contributed by atoms with Crippen LogP contribution in [0.15, 0.2) is 48.5 Å². The zero-order valence-electron chi connectivity index (χ0n) is 18.8. The Bertz CT molecular complexity index is 1180. The quantitative estimate of drug-likeness (QED) is 0.298. The Morgan fingerprint density at radius 1 is 0.771 bits per heavy atom. The number of benzene rings is 3. The summed E-state index contributed by atoms with van der Waals surface area (Å²) in [7, 11) is 0. The summed E-state index contributed by atoms with van der Waals surface area (Å²) < 4.78 is 74.0. The van der Waals surface area contributed by atoms with Crippen LogP contribution in [-0.2, 0) is 4.79 Å². The number of carbonyl (C=O) groups excluding carboxylic acids is 1. The van der Waals surface area contributed by atoms with Crippen LogP contribution in [0.1, 0.15) is 5.56 Å². The monoisotopic (exact) mass is 491 g/mol. The molecule has 0 aromatic heterocycles. The van der Waals surface area contributed by atoms with Crippen LogP contribution in [0.4, 0.5) is 39.0 Å². The number of anilines is 3. The number of nitrogens with zero attached hydrogens (tertiary/aromatic N) is 2. The lowest BCUT2D eigenvalue weighted by atomic mass is 10.2. The maximum Gasteiger partial charge on any atom is 0.262 e. The Hall–Kier alpha value is -3.82. The summed E-state index contributed by atoms with van der Waals surface area (Å²) in [6, 6.07) is 14.3. The number of nitrogens with one attached hydrogen (secondary N) is 1. The van der Waals surface area contributed by atoms with Gasteiger partial charge in [-0.05, 0) is 43.3 Å². The van der Waals surface area contributed by atoms with Crippen molar-refractivity contribution in [1.29, 1.82) is 0 Å². The Labute approximate surface area is 198 Å². The third-order valence-corrected chi connectivity index (χ3v) is 5.69. The Balaban J connectivity index is 1.32. The number of hydrogen-bond acceptors (Lipinski definition) is 4. The summed E-state index contributed by atoms with van der Waals surface area (Å²) in [4.78, 5) is 15.2. The van der Waals surface area contributed by atoms with Crippen LogP contribution < -0.4 is 19.9 Å². The summed E-state index contributed by atoms with van der Waals surface area (Å²) in [5.74, 6) is -9.48. The maximum absolute atomic E-state index is 14.1. The van der Waals surface area contributed by atoms with Crippen LogP contribution in [0.5, 0.6) is 5.75 Å². The highest BCUT2D eigenvalue weighted by Gasteiger charge is 2.30. The van der Waals surface area contributed by atoms with Crippen LogP contribution in [0.25, 0.3) is 0 Å². The number of ether oxygens (including phenoxy) is 1. The smallest absolute Gasteiger partial charge is 0.262 e. The molecule has 3 aromatic rings. The zero-order valence-corrected chi connectivity index (χ0v) is 18.8. The number of carbonyl (C=O) groups is 1. The molecular weight excluding hydrogens is 469 g/mol. The fourth-order valence-corrected chi connectivity index (χ4v) is 3.80. The molecule has 4 rings (SSSR count). The normalized spacial score (nSPS) is 13.7. The third kappa shape index (κ3) is 5.31. The van der Waals surface area contributed by atoms with Crippen molar-refractivity contribution in [3.05, 3.63) is 83.2 Å². The van der Waals surface area contributed by atoms with Crippen molar-refractivity contribution >= 4 is 23.0 Å². The van der Waals surface area contributed by atoms with E-state index in [1.54, 1.807) is 36.4 Å². The average Bonchev–Trinajstić information content (AvgIpc) is 2.87. The lowest BCUT2D eigenvalue weighted by Gasteiger charge is -2.37. The third-order valence-electron chi connectivity index (χ3n) is 5.69. The first kappa shape index (κ1) is 24.3. The summed E-state index contributed by atoms with van der Waals surface area (Å²) in [6.45, 7) is 2.53. The molecule has 1 N–H and O–H groups in total. The van der Waals surface area contributed by atoms with Gasteiger partial charge in [0.1, 0.15) is 11.4 Å². The summed E-state index contributed by atoms with van der Waals surface area (Å²) in [6.07, 6.45) is 0. The van der Waals surface area contributed by atoms with Crippen LogP contribution in [-0.4, -0.2) is 38.7 Å². The second-order valence-corrected chi connectivity index (χ2v) is 8.09. The average molecular weight is 491 g/mol. The lowest BCUT2D eigenvalue weighted by molar-refractivity contribution is -0.118. The molecule has 0 saturated carbocycles. The van der Waals surface area contributed by atoms with Gasteiger partial charge < -0.3 is 19.9 Å². The topological polar surface area (TPSA) is 44.8 Å². The Morgan fingerprint density at radius 2 is 1.29 bits per heavy atom. The maximum atomic E-state index is 14.1. The van der Waals surface area contributed by atoms with Crippen molar-refractivity contribution < 1.29 is 31.5 Å². The van der Waals surface area contributed by atoms with Crippen molar-refractivity contribution in [1.82, 2.24) is 0 Å². The molecule has 0 bridgehead atoms. The molecule has 0 aliphatic carbocycles. The molecule has 1 amide bonds. The van der Waals surface area contributed by atoms with Gasteiger partial charge in [0, 0.05) is 37.6 Å². The number of aryl methyl sites for hydroxylation is 1. The van der Waals surface area contributed by atoms with Crippen LogP contribution in [0, 0.1) is 36.0 Å². The van der Waals surface area contributed by atoms with E-state index in [0.717, 1.165) is 16.2 Å². The molecule has 3 aromatic carbocycles. The van der Waals surface area contributed by atoms with Crippen molar-refractivity contribution in [3.8, 4) is 5.75 Å². The fourth-order valence-electron chi connectivity index (χ4n) is 3.80. The largest absolute Gasteiger partial charge is 0.484 e. The number of halogens is 5. The van der Waals surface area contributed by atoms with E-state index in [4.69, 9.17) is 4.74 Å². The highest BCUT2D eigenvalue weighted by atomic mass is 19.2. The van der Waals surface area contributed by atoms with Gasteiger partial charge in [-0.3, -0.25) is 4.79 Å². The lowest BCUT2D eigenvalue weighted by Crippen LogP contribution is -2.47. The molecule has 1 aliphatic heterocycles. The van der Waals surface area contributed by atoms with E-state index in [1.165, 1.54) is 0 Å². The Morgan fingerprint density at radius 3 is 1.86 bits per heavy atom. The molecular formula is C25H22F5N3O2. The minimum Gasteiger partial charge on any atom is -0.484 e. The van der Waals surface area contributed by atoms with Gasteiger partial charge in [-0.25, -0.2) is 22.0 Å². The first-order chi connectivity index (χ1) is 16.7. The minimum atomic E-state index is -2.17. The standard InChI is InChI=1S/C25H22F5N3O2/c1-15-2-8-18(9-3-15)35-14-19(34)31-16-4-6-17(7-5-16)32-10-12-33(13-11-32)25-23(29)21(27)20(26)22(28)24(25)30/h2-9H,10-14H2,1H3,(H,31,34). The number of rotatable bonds is 6. The molecule has 0 spiro atoms. The van der Waals surface area contributed by atoms with Gasteiger partial charge in [0.15, 0.2) is 29.9 Å². The van der Waals surface area contributed by atoms with Crippen LogP contribution >= 0.6 is 0 Å². The number of amides is 1. The number of hydrogen-bond donors (Lipinski definition) is 1. The molecule has 5 nitrogen and oxygen atoms in total. The summed E-state index contributed by atoms with van der Waals surface area (Å²) in [5, 5.41) is 2.73. The van der Waals surface area contributed by atoms with Gasteiger partial charge in [-0.15, -0.1) is 0 Å². The molecule has 0 unspecified atom stereocenters. The van der Waals surface area contributed by atoms with Gasteiger partial charge in [0.05, 0.1) is 0 Å². The van der Waals surface area contributed by atoms with E-state index in [9.17, 15) is 26.7 Å². The summed E-state index contributed by atoms with van der Waals surface area (Å²) >= 11 is 0. The second kappa shape index (κ2) is 10.2. The SMILES string of the molecule is Cc1ccc(OCC(=O)Nc2ccc(N3CCN(c4c(F)c(F)c(F)c(F)c4F)CC3)cc2)cc1. The predicted molar refractivity (Wildman–Crippen MR) is 122 cm³/mol. The van der Waals surface area contributed by atoms with Gasteiger partial charge in [-0.2, -0.15) is 0 Å². The Kier molecular flexibility index (Phi) is 7.09. The first-order valence-corrected chi connectivity index (χ1v) is 10.9. The number of piperazine rings is 1. The molecule has 0 radical (unpaired) electrons. The fraction of sp³-hybridized carbons (Fsp3) is 0.240. The van der Waals surface area contributed by atoms with Crippen LogP contribution in [0.2, 0.25) is 0 Å². The van der Waals surface area contributed by atoms with Gasteiger partial charge in [0.25, 0.3) is 5.91 Å². The minimum absolute atomic E-state index is 0.0627. The van der Waals surface area contributed by atoms with Crippen molar-refractivity contribution in [3.63, 3.8) is 0 Å². The van der Waals surface area contributed by atoms with Gasteiger partial charge >= 0.3 is 0 Å². The molecule has 184 valence electrons. The molecule has 10 heteroatoms. The molecule has 1 saturated heterocycles. The van der Waals surface area contributed by atoms with E-state index in [0.29, 0.717) is 24.5 Å². The van der Waals surface area contributed by atoms with E-state index in [-0.39, 0.29) is 25.6 Å². The summed E-state index contributed by atoms with van der Waals surface area (Å²) in [5.41, 5.74) is 1.52. The van der Waals surface area contributed by atoms with Gasteiger partial charge in [-0.1, -0.05) is 17.7 Å². The van der Waals surface area contributed by atoms with E-state index in [2.05, 4.69) is 5.32 Å². The van der Waals surface area contributed by atoms with Crippen molar-refractivity contribution in [2.45, 2.75) is 6.92 Å². The first-order valence-electron chi connectivity index (χ1n) is 10.9. The molecule has 0 atom stereocenters. The zero-order chi connectivity index (χ0) is 25.1. The molecule has 1 aliphatic rings. The van der Waals surface area contributed by atoms with E-state index < -0.39 is 34.8 Å². The second-order valence-electron chi connectivity index (χ2n) is 8.09. The molecule has 1 heterocycles. The van der Waals surface area contributed by atoms with Crippen molar-refractivity contribution in [2.24, 2.45) is 0 Å². The predicted octanol–water partition coefficient (Wildman–Crippen LogP) is 5.03. The van der Waals surface area contributed by atoms with Crippen molar-refractivity contribution in [2.75, 3.05) is 47.9 Å². The van der Waals surface area contributed by atoms with E-state index in [1.807, 2.05) is 24.0 Å². The van der Waals surface area contributed by atoms with E-state index >= 15 is 0 Å². The molecule has 1 fully saturated rings. The highest BCUT2D eigenvalue weighted by Crippen LogP contribution is 2.31. The van der Waals surface area contributed by atoms with Crippen LogP contribution in [0.3, 0.4) is 0 Å².